The van der Waals surface area contributed by atoms with E-state index < -0.39 is 10.4 Å². The molecule has 0 aliphatic carbocycles. The van der Waals surface area contributed by atoms with Crippen LogP contribution in [0.4, 0.5) is 0 Å². The van der Waals surface area contributed by atoms with Crippen molar-refractivity contribution in [2.24, 2.45) is 0 Å². The van der Waals surface area contributed by atoms with E-state index in [4.69, 9.17) is 17.5 Å². The Morgan fingerprint density at radius 3 is 1.83 bits per heavy atom. The van der Waals surface area contributed by atoms with Crippen molar-refractivity contribution in [3.63, 3.8) is 0 Å². The third-order valence-corrected chi connectivity index (χ3v) is 0.282. The second-order valence-electron chi connectivity index (χ2n) is 1.17. The van der Waals surface area contributed by atoms with Gasteiger partial charge in [0.1, 0.15) is 6.61 Å². The van der Waals surface area contributed by atoms with Crippen molar-refractivity contribution in [1.82, 2.24) is 0 Å². The summed E-state index contributed by atoms with van der Waals surface area (Å²) in [5.41, 5.74) is 0. The predicted molar refractivity (Wildman–Crippen MR) is 43.5 cm³/mol. The zero-order valence-electron chi connectivity index (χ0n) is 5.50. The van der Waals surface area contributed by atoms with E-state index in [-0.39, 0.29) is 29.6 Å². The second-order valence-corrected chi connectivity index (χ2v) is 2.06. The fraction of sp³-hybridized carbons (Fsp3) is 0.250. The van der Waals surface area contributed by atoms with E-state index >= 15 is 0 Å². The van der Waals surface area contributed by atoms with Crippen molar-refractivity contribution < 1.29 is 27.1 Å². The van der Waals surface area contributed by atoms with Crippen molar-refractivity contribution >= 4 is 46.4 Å². The number of rotatable bonds is 3. The van der Waals surface area contributed by atoms with Crippen molar-refractivity contribution in [2.75, 3.05) is 6.61 Å². The molecule has 0 heterocycles. The van der Waals surface area contributed by atoms with E-state index in [2.05, 4.69) is 11.3 Å². The van der Waals surface area contributed by atoms with Crippen molar-refractivity contribution in [1.29, 1.82) is 0 Å². The van der Waals surface area contributed by atoms with Crippen LogP contribution >= 0.6 is 0 Å². The second kappa shape index (κ2) is 11.1. The summed E-state index contributed by atoms with van der Waals surface area (Å²) in [7, 11) is -4.67. The monoisotopic (exact) mass is 208 g/mol. The summed E-state index contributed by atoms with van der Waals surface area (Å²) in [6.07, 6.45) is 1.51. The molecule has 0 aromatic carbocycles. The fourth-order valence-corrected chi connectivity index (χ4v) is 0.107. The summed E-state index contributed by atoms with van der Waals surface area (Å²) in [5.74, 6) is 0. The van der Waals surface area contributed by atoms with E-state index in [0.29, 0.717) is 13.1 Å². The molecule has 0 rings (SSSR count). The minimum atomic E-state index is -4.67. The van der Waals surface area contributed by atoms with Crippen molar-refractivity contribution in [3.8, 4) is 0 Å². The van der Waals surface area contributed by atoms with E-state index in [1.165, 1.54) is 6.08 Å². The third-order valence-electron chi connectivity index (χ3n) is 0.282. The summed E-state index contributed by atoms with van der Waals surface area (Å²) in [4.78, 5) is 9.29. The zero-order chi connectivity index (χ0) is 9.33. The summed E-state index contributed by atoms with van der Waals surface area (Å²) >= 11 is 0. The topological polar surface area (TPSA) is 101 Å². The molecular weight excluding hydrogens is 199 g/mol. The van der Waals surface area contributed by atoms with Crippen LogP contribution in [0.25, 0.3) is 0 Å². The summed E-state index contributed by atoms with van der Waals surface area (Å²) in [6.45, 7) is 4.01. The molecule has 0 saturated carbocycles. The normalized spacial score (nSPS) is 8.17. The number of carbonyl (C=O) groups is 1. The summed E-state index contributed by atoms with van der Waals surface area (Å²) in [5, 5.41) is 0. The van der Waals surface area contributed by atoms with Crippen LogP contribution in [0.1, 0.15) is 0 Å². The van der Waals surface area contributed by atoms with Gasteiger partial charge in [-0.15, -0.1) is 0 Å². The van der Waals surface area contributed by atoms with Crippen molar-refractivity contribution in [3.05, 3.63) is 12.7 Å². The first-order valence-electron chi connectivity index (χ1n) is 2.28. The standard InChI is InChI=1S/C4H6O2.Na.H2O4S.H/c1-2-3-6-4-5;;1-5(2,3)4;/h2,4H,1,3H2;;(H2,1,2,3,4);. The van der Waals surface area contributed by atoms with E-state index in [1.54, 1.807) is 0 Å². The van der Waals surface area contributed by atoms with Gasteiger partial charge in [0.25, 0.3) is 6.47 Å². The molecule has 0 bridgehead atoms. The van der Waals surface area contributed by atoms with Gasteiger partial charge >= 0.3 is 40.0 Å². The quantitative estimate of drug-likeness (QED) is 0.204. The number of hydrogen-bond acceptors (Lipinski definition) is 4. The first kappa shape index (κ1) is 18.0. The van der Waals surface area contributed by atoms with Crippen LogP contribution in [0.2, 0.25) is 0 Å². The zero-order valence-corrected chi connectivity index (χ0v) is 6.32. The molecule has 0 spiro atoms. The van der Waals surface area contributed by atoms with Crippen LogP contribution in [-0.4, -0.2) is 60.2 Å². The maximum atomic E-state index is 9.29. The maximum absolute atomic E-state index is 9.29. The van der Waals surface area contributed by atoms with Gasteiger partial charge in [0.15, 0.2) is 0 Å². The third kappa shape index (κ3) is 87.6. The number of ether oxygens (including phenoxy) is 1. The average Bonchev–Trinajstić information content (AvgIpc) is 1.79. The Hall–Kier alpha value is 0.0800. The Bertz CT molecular complexity index is 182. The Kier molecular flexibility index (Phi) is 16.6. The molecule has 0 aliphatic heterocycles. The number of carbonyl (C=O) groups excluding carboxylic acids is 1. The van der Waals surface area contributed by atoms with Gasteiger partial charge < -0.3 is 4.74 Å². The van der Waals surface area contributed by atoms with E-state index in [1.807, 2.05) is 0 Å². The van der Waals surface area contributed by atoms with Gasteiger partial charge in [-0.2, -0.15) is 8.42 Å². The first-order chi connectivity index (χ1) is 4.91. The van der Waals surface area contributed by atoms with Crippen LogP contribution in [0.15, 0.2) is 12.7 Å². The molecule has 68 valence electrons. The molecule has 0 saturated heterocycles. The Balaban J connectivity index is -0.000000126. The van der Waals surface area contributed by atoms with E-state index in [0.717, 1.165) is 0 Å². The molecule has 0 amide bonds. The molecule has 2 N–H and O–H groups in total. The Labute approximate surface area is 92.5 Å². The van der Waals surface area contributed by atoms with Crippen LogP contribution in [0.3, 0.4) is 0 Å². The van der Waals surface area contributed by atoms with E-state index in [9.17, 15) is 4.79 Å². The van der Waals surface area contributed by atoms with Gasteiger partial charge in [-0.1, -0.05) is 12.7 Å². The Morgan fingerprint density at radius 1 is 1.42 bits per heavy atom. The van der Waals surface area contributed by atoms with Crippen LogP contribution in [-0.2, 0) is 19.9 Å². The predicted octanol–water partition coefficient (Wildman–Crippen LogP) is -0.956. The average molecular weight is 208 g/mol. The minimum absolute atomic E-state index is 0. The molecule has 0 atom stereocenters. The fourth-order valence-electron chi connectivity index (χ4n) is 0.107. The van der Waals surface area contributed by atoms with Gasteiger partial charge in [0, 0.05) is 0 Å². The molecule has 0 fully saturated rings. The van der Waals surface area contributed by atoms with Gasteiger partial charge in [-0.05, 0) is 0 Å². The molecule has 12 heavy (non-hydrogen) atoms. The molecule has 0 aromatic heterocycles. The molecule has 0 unspecified atom stereocenters. The molecule has 0 radical (unpaired) electrons. The number of hydrogen-bond donors (Lipinski definition) is 2. The van der Waals surface area contributed by atoms with Crippen LogP contribution in [0.5, 0.6) is 0 Å². The molecule has 8 heteroatoms. The van der Waals surface area contributed by atoms with Gasteiger partial charge in [0.2, 0.25) is 0 Å². The molecule has 0 aliphatic rings. The van der Waals surface area contributed by atoms with Gasteiger partial charge in [0.05, 0.1) is 0 Å². The van der Waals surface area contributed by atoms with Crippen LogP contribution in [0, 0.1) is 0 Å². The summed E-state index contributed by atoms with van der Waals surface area (Å²) < 4.78 is 35.8. The first-order valence-corrected chi connectivity index (χ1v) is 3.67. The van der Waals surface area contributed by atoms with Crippen LogP contribution < -0.4 is 0 Å². The SMILES string of the molecule is C=CCOC=O.O=S(=O)(O)O.[NaH]. The van der Waals surface area contributed by atoms with Gasteiger partial charge in [-0.3, -0.25) is 13.9 Å². The summed E-state index contributed by atoms with van der Waals surface area (Å²) in [6, 6.07) is 0. The molecule has 0 aromatic rings. The molecular formula is C4H9NaO6S. The van der Waals surface area contributed by atoms with Crippen molar-refractivity contribution in [2.45, 2.75) is 0 Å². The Morgan fingerprint density at radius 2 is 1.75 bits per heavy atom. The van der Waals surface area contributed by atoms with Gasteiger partial charge in [-0.25, -0.2) is 0 Å². The molecule has 6 nitrogen and oxygen atoms in total.